The molecule has 0 heterocycles. The van der Waals surface area contributed by atoms with Gasteiger partial charge in [0, 0.05) is 10.2 Å². The topological polar surface area (TPSA) is 89.5 Å². The summed E-state index contributed by atoms with van der Waals surface area (Å²) >= 11 is 3.25. The molecular formula is C18H18BrNO5S. The predicted octanol–water partition coefficient (Wildman–Crippen LogP) is 3.43. The van der Waals surface area contributed by atoms with Crippen molar-refractivity contribution in [1.82, 2.24) is 0 Å². The Morgan fingerprint density at radius 1 is 1.08 bits per heavy atom. The number of carbonyl (C=O) groups excluding carboxylic acids is 2. The van der Waals surface area contributed by atoms with E-state index in [1.54, 1.807) is 24.3 Å². The number of hydrogen-bond acceptors (Lipinski definition) is 5. The smallest absolute Gasteiger partial charge is 0.337 e. The van der Waals surface area contributed by atoms with Crippen LogP contribution in [-0.4, -0.2) is 32.2 Å². The van der Waals surface area contributed by atoms with E-state index in [1.165, 1.54) is 45.2 Å². The maximum atomic E-state index is 12.9. The Bertz CT molecular complexity index is 936. The lowest BCUT2D eigenvalue weighted by Gasteiger charge is -2.24. The van der Waals surface area contributed by atoms with Crippen LogP contribution in [0, 0.1) is 0 Å². The number of ether oxygens (including phenoxy) is 1. The number of nitrogens with one attached hydrogen (secondary N) is 1. The lowest BCUT2D eigenvalue weighted by molar-refractivity contribution is -0.117. The molecule has 6 nitrogen and oxygen atoms in total. The molecule has 0 unspecified atom stereocenters. The highest BCUT2D eigenvalue weighted by Gasteiger charge is 2.42. The van der Waals surface area contributed by atoms with E-state index in [0.717, 1.165) is 4.47 Å². The minimum Gasteiger partial charge on any atom is -0.465 e. The molecule has 0 spiro atoms. The molecule has 1 amide bonds. The average Bonchev–Trinajstić information content (AvgIpc) is 2.61. The van der Waals surface area contributed by atoms with Crippen LogP contribution in [-0.2, 0) is 19.4 Å². The fourth-order valence-corrected chi connectivity index (χ4v) is 3.80. The van der Waals surface area contributed by atoms with Crippen LogP contribution in [0.4, 0.5) is 5.69 Å². The summed E-state index contributed by atoms with van der Waals surface area (Å²) in [6.07, 6.45) is 0. The Morgan fingerprint density at radius 3 is 2.27 bits per heavy atom. The van der Waals surface area contributed by atoms with Gasteiger partial charge in [-0.15, -0.1) is 0 Å². The minimum atomic E-state index is -3.93. The molecule has 0 fully saturated rings. The number of rotatable bonds is 5. The zero-order valence-electron chi connectivity index (χ0n) is 14.4. The summed E-state index contributed by atoms with van der Waals surface area (Å²) < 4.78 is 29.4. The molecule has 138 valence electrons. The Hall–Kier alpha value is -2.19. The van der Waals surface area contributed by atoms with Crippen LogP contribution in [0.15, 0.2) is 57.9 Å². The molecule has 0 bridgehead atoms. The number of halogens is 1. The number of esters is 1. The van der Waals surface area contributed by atoms with Gasteiger partial charge in [0.25, 0.3) is 0 Å². The first-order valence-electron chi connectivity index (χ1n) is 7.59. The summed E-state index contributed by atoms with van der Waals surface area (Å²) in [6.45, 7) is 2.67. The van der Waals surface area contributed by atoms with Gasteiger partial charge < -0.3 is 10.1 Å². The maximum Gasteiger partial charge on any atom is 0.337 e. The molecule has 0 aliphatic rings. The molecule has 2 aromatic rings. The third-order valence-corrected chi connectivity index (χ3v) is 6.83. The number of methoxy groups -OCH3 is 1. The molecule has 0 saturated heterocycles. The fraction of sp³-hybridized carbons (Fsp3) is 0.222. The number of benzene rings is 2. The highest BCUT2D eigenvalue weighted by molar-refractivity contribution is 9.10. The van der Waals surface area contributed by atoms with Crippen LogP contribution in [0.3, 0.4) is 0 Å². The van der Waals surface area contributed by atoms with E-state index in [2.05, 4.69) is 26.0 Å². The van der Waals surface area contributed by atoms with E-state index in [1.807, 2.05) is 0 Å². The molecule has 0 atom stereocenters. The number of sulfone groups is 1. The van der Waals surface area contributed by atoms with Gasteiger partial charge in [0.05, 0.1) is 17.6 Å². The molecular weight excluding hydrogens is 422 g/mol. The van der Waals surface area contributed by atoms with E-state index in [-0.39, 0.29) is 10.5 Å². The zero-order valence-corrected chi connectivity index (χ0v) is 16.8. The second-order valence-corrected chi connectivity index (χ2v) is 9.41. The van der Waals surface area contributed by atoms with Crippen molar-refractivity contribution < 1.29 is 22.7 Å². The summed E-state index contributed by atoms with van der Waals surface area (Å²) in [5.41, 5.74) is 0.552. The van der Waals surface area contributed by atoms with Crippen molar-refractivity contribution in [3.05, 3.63) is 58.6 Å². The van der Waals surface area contributed by atoms with E-state index < -0.39 is 26.5 Å². The van der Waals surface area contributed by atoms with Gasteiger partial charge in [0.15, 0.2) is 9.84 Å². The normalized spacial score (nSPS) is 11.7. The van der Waals surface area contributed by atoms with Crippen LogP contribution in [0.5, 0.6) is 0 Å². The average molecular weight is 440 g/mol. The highest BCUT2D eigenvalue weighted by atomic mass is 79.9. The highest BCUT2D eigenvalue weighted by Crippen LogP contribution is 2.28. The fourth-order valence-electron chi connectivity index (χ4n) is 2.15. The third kappa shape index (κ3) is 3.96. The molecule has 2 rings (SSSR count). The van der Waals surface area contributed by atoms with Gasteiger partial charge in [-0.3, -0.25) is 4.79 Å². The van der Waals surface area contributed by atoms with Crippen molar-refractivity contribution in [2.75, 3.05) is 12.4 Å². The molecule has 1 N–H and O–H groups in total. The SMILES string of the molecule is COC(=O)c1cccc(NC(=O)C(C)(C)S(=O)(=O)c2ccc(Br)cc2)c1. The first-order valence-corrected chi connectivity index (χ1v) is 9.87. The largest absolute Gasteiger partial charge is 0.465 e. The Kier molecular flexibility index (Phi) is 5.87. The van der Waals surface area contributed by atoms with Gasteiger partial charge >= 0.3 is 5.97 Å². The summed E-state index contributed by atoms with van der Waals surface area (Å²) in [5.74, 6) is -1.26. The first-order chi connectivity index (χ1) is 12.1. The van der Waals surface area contributed by atoms with Gasteiger partial charge in [-0.2, -0.15) is 0 Å². The lowest BCUT2D eigenvalue weighted by Crippen LogP contribution is -2.44. The maximum absolute atomic E-state index is 12.9. The Labute approximate surface area is 160 Å². The minimum absolute atomic E-state index is 0.0455. The molecule has 2 aromatic carbocycles. The van der Waals surface area contributed by atoms with Crippen molar-refractivity contribution in [2.24, 2.45) is 0 Å². The van der Waals surface area contributed by atoms with Crippen molar-refractivity contribution in [3.63, 3.8) is 0 Å². The summed E-state index contributed by atoms with van der Waals surface area (Å²) in [6, 6.07) is 12.2. The van der Waals surface area contributed by atoms with E-state index in [0.29, 0.717) is 5.69 Å². The Balaban J connectivity index is 2.30. The molecule has 26 heavy (non-hydrogen) atoms. The standard InChI is InChI=1S/C18H18BrNO5S/c1-18(2,26(23,24)15-9-7-13(19)8-10-15)17(22)20-14-6-4-5-12(11-14)16(21)25-3/h4-11H,1-3H3,(H,20,22). The van der Waals surface area contributed by atoms with Crippen molar-refractivity contribution in [1.29, 1.82) is 0 Å². The Morgan fingerprint density at radius 2 is 1.69 bits per heavy atom. The number of amides is 1. The van der Waals surface area contributed by atoms with E-state index in [9.17, 15) is 18.0 Å². The summed E-state index contributed by atoms with van der Waals surface area (Å²) in [7, 11) is -2.68. The number of anilines is 1. The first kappa shape index (κ1) is 20.1. The quantitative estimate of drug-likeness (QED) is 0.720. The van der Waals surface area contributed by atoms with Gasteiger partial charge in [-0.1, -0.05) is 22.0 Å². The molecule has 8 heteroatoms. The monoisotopic (exact) mass is 439 g/mol. The number of carbonyl (C=O) groups is 2. The van der Waals surface area contributed by atoms with E-state index in [4.69, 9.17) is 0 Å². The van der Waals surface area contributed by atoms with Crippen LogP contribution in [0.2, 0.25) is 0 Å². The van der Waals surface area contributed by atoms with E-state index >= 15 is 0 Å². The molecule has 0 aliphatic heterocycles. The molecule has 0 radical (unpaired) electrons. The van der Waals surface area contributed by atoms with Crippen LogP contribution >= 0.6 is 15.9 Å². The second kappa shape index (κ2) is 7.59. The van der Waals surface area contributed by atoms with Gasteiger partial charge in [0.1, 0.15) is 4.75 Å². The molecule has 0 saturated carbocycles. The summed E-state index contributed by atoms with van der Waals surface area (Å²) in [5, 5.41) is 2.55. The third-order valence-electron chi connectivity index (χ3n) is 3.88. The predicted molar refractivity (Wildman–Crippen MR) is 102 cm³/mol. The van der Waals surface area contributed by atoms with Crippen LogP contribution < -0.4 is 5.32 Å². The lowest BCUT2D eigenvalue weighted by atomic mass is 10.1. The van der Waals surface area contributed by atoms with Crippen molar-refractivity contribution in [3.8, 4) is 0 Å². The number of hydrogen-bond donors (Lipinski definition) is 1. The zero-order chi connectivity index (χ0) is 19.5. The van der Waals surface area contributed by atoms with Gasteiger partial charge in [-0.05, 0) is 56.3 Å². The van der Waals surface area contributed by atoms with Crippen molar-refractivity contribution in [2.45, 2.75) is 23.5 Å². The van der Waals surface area contributed by atoms with Gasteiger partial charge in [0.2, 0.25) is 5.91 Å². The second-order valence-electron chi connectivity index (χ2n) is 5.99. The summed E-state index contributed by atoms with van der Waals surface area (Å²) in [4.78, 5) is 24.3. The van der Waals surface area contributed by atoms with Crippen LogP contribution in [0.1, 0.15) is 24.2 Å². The van der Waals surface area contributed by atoms with Gasteiger partial charge in [-0.25, -0.2) is 13.2 Å². The molecule has 0 aromatic heterocycles. The molecule has 0 aliphatic carbocycles. The van der Waals surface area contributed by atoms with Crippen LogP contribution in [0.25, 0.3) is 0 Å². The van der Waals surface area contributed by atoms with Crippen molar-refractivity contribution >= 4 is 43.3 Å².